The van der Waals surface area contributed by atoms with Gasteiger partial charge in [-0.2, -0.15) is 0 Å². The first kappa shape index (κ1) is 15.2. The van der Waals surface area contributed by atoms with Crippen LogP contribution < -0.4 is 4.72 Å². The molecule has 3 aromatic rings. The van der Waals surface area contributed by atoms with Crippen LogP contribution in [0.4, 0.5) is 5.13 Å². The minimum atomic E-state index is 0.749. The molecule has 0 aliphatic heterocycles. The molecular weight excluding hydrogens is 308 g/mol. The van der Waals surface area contributed by atoms with E-state index in [1.54, 1.807) is 11.3 Å². The molecule has 0 fully saturated rings. The average Bonchev–Trinajstić information content (AvgIpc) is 2.91. The van der Waals surface area contributed by atoms with E-state index in [2.05, 4.69) is 15.8 Å². The number of nitrogens with one attached hydrogen (secondary N) is 1. The predicted molar refractivity (Wildman–Crippen MR) is 91.9 cm³/mol. The maximum atomic E-state index is 5.84. The van der Waals surface area contributed by atoms with Gasteiger partial charge in [-0.25, -0.2) is 4.98 Å². The highest BCUT2D eigenvalue weighted by molar-refractivity contribution is 8.00. The minimum Gasteiger partial charge on any atom is -0.301 e. The van der Waals surface area contributed by atoms with Gasteiger partial charge < -0.3 is 4.72 Å². The summed E-state index contributed by atoms with van der Waals surface area (Å²) in [5.74, 6) is 0. The number of para-hydroxylation sites is 1. The molecule has 2 nitrogen and oxygen atoms in total. The molecule has 3 rings (SSSR count). The van der Waals surface area contributed by atoms with Crippen LogP contribution in [0.25, 0.3) is 10.2 Å². The summed E-state index contributed by atoms with van der Waals surface area (Å²) in [7, 11) is 0. The Morgan fingerprint density at radius 3 is 2.45 bits per heavy atom. The van der Waals surface area contributed by atoms with Crippen molar-refractivity contribution in [1.82, 2.24) is 4.98 Å². The minimum absolute atomic E-state index is 0.749. The smallest absolute Gasteiger partial charge is 0.194 e. The fourth-order valence-corrected chi connectivity index (χ4v) is 3.18. The monoisotopic (exact) mass is 322 g/mol. The van der Waals surface area contributed by atoms with E-state index in [4.69, 9.17) is 11.6 Å². The van der Waals surface area contributed by atoms with E-state index in [1.807, 2.05) is 56.3 Å². The van der Waals surface area contributed by atoms with Crippen molar-refractivity contribution in [1.29, 1.82) is 0 Å². The Labute approximate surface area is 132 Å². The summed E-state index contributed by atoms with van der Waals surface area (Å²) in [6, 6.07) is 15.8. The zero-order chi connectivity index (χ0) is 14.4. The van der Waals surface area contributed by atoms with Gasteiger partial charge in [0.05, 0.1) is 10.2 Å². The lowest BCUT2D eigenvalue weighted by atomic mass is 10.3. The molecule has 0 aliphatic rings. The summed E-state index contributed by atoms with van der Waals surface area (Å²) >= 11 is 9.03. The second-order valence-corrected chi connectivity index (χ2v) is 5.99. The van der Waals surface area contributed by atoms with Crippen LogP contribution in [-0.4, -0.2) is 4.98 Å². The highest BCUT2D eigenvalue weighted by Gasteiger charge is 2.02. The van der Waals surface area contributed by atoms with E-state index < -0.39 is 0 Å². The van der Waals surface area contributed by atoms with Crippen LogP contribution in [0.2, 0.25) is 5.02 Å². The van der Waals surface area contributed by atoms with Gasteiger partial charge in [-0.3, -0.25) is 0 Å². The van der Waals surface area contributed by atoms with Crippen LogP contribution >= 0.6 is 34.9 Å². The maximum Gasteiger partial charge on any atom is 0.194 e. The fourth-order valence-electron chi connectivity index (χ4n) is 1.52. The Hall–Kier alpha value is -1.23. The summed E-state index contributed by atoms with van der Waals surface area (Å²) in [5.41, 5.74) is 1.03. The normalized spacial score (nSPS) is 9.95. The van der Waals surface area contributed by atoms with Crippen molar-refractivity contribution in [3.8, 4) is 0 Å². The molecular formula is C15H15ClN2S2. The van der Waals surface area contributed by atoms with Crippen LogP contribution in [0, 0.1) is 0 Å². The Balaban J connectivity index is 0.000000704. The molecule has 104 valence electrons. The molecule has 0 aliphatic carbocycles. The number of anilines is 1. The van der Waals surface area contributed by atoms with E-state index >= 15 is 0 Å². The zero-order valence-corrected chi connectivity index (χ0v) is 13.6. The number of halogens is 1. The van der Waals surface area contributed by atoms with Gasteiger partial charge in [-0.05, 0) is 48.3 Å². The topological polar surface area (TPSA) is 24.9 Å². The van der Waals surface area contributed by atoms with Gasteiger partial charge in [-0.15, -0.1) is 0 Å². The lowest BCUT2D eigenvalue weighted by Gasteiger charge is -2.00. The molecule has 5 heteroatoms. The van der Waals surface area contributed by atoms with Gasteiger partial charge >= 0.3 is 0 Å². The van der Waals surface area contributed by atoms with Gasteiger partial charge in [0.15, 0.2) is 5.13 Å². The Bertz CT molecular complexity index is 632. The van der Waals surface area contributed by atoms with E-state index in [1.165, 1.54) is 16.6 Å². The number of benzene rings is 2. The summed E-state index contributed by atoms with van der Waals surface area (Å²) in [6.45, 7) is 4.00. The third-order valence-electron chi connectivity index (χ3n) is 2.36. The van der Waals surface area contributed by atoms with Crippen molar-refractivity contribution in [2.24, 2.45) is 0 Å². The maximum absolute atomic E-state index is 5.84. The first-order valence-corrected chi connectivity index (χ1v) is 8.36. The van der Waals surface area contributed by atoms with Crippen LogP contribution in [0.3, 0.4) is 0 Å². The number of nitrogens with zero attached hydrogens (tertiary/aromatic N) is 1. The number of aromatic nitrogens is 1. The number of fused-ring (bicyclic) bond motifs is 1. The van der Waals surface area contributed by atoms with Crippen LogP contribution in [0.15, 0.2) is 53.4 Å². The van der Waals surface area contributed by atoms with E-state index in [9.17, 15) is 0 Å². The molecule has 0 saturated heterocycles. The average molecular weight is 323 g/mol. The number of rotatable bonds is 3. The lowest BCUT2D eigenvalue weighted by molar-refractivity contribution is 1.45. The van der Waals surface area contributed by atoms with Crippen LogP contribution in [-0.2, 0) is 0 Å². The predicted octanol–water partition coefficient (Wildman–Crippen LogP) is 6.10. The lowest BCUT2D eigenvalue weighted by Crippen LogP contribution is -1.84. The summed E-state index contributed by atoms with van der Waals surface area (Å²) in [4.78, 5) is 5.62. The van der Waals surface area contributed by atoms with Crippen LogP contribution in [0.5, 0.6) is 0 Å². The van der Waals surface area contributed by atoms with Gasteiger partial charge in [0.1, 0.15) is 0 Å². The quantitative estimate of drug-likeness (QED) is 0.590. The largest absolute Gasteiger partial charge is 0.301 e. The molecule has 0 amide bonds. The second-order valence-electron chi connectivity index (χ2n) is 3.64. The highest BCUT2D eigenvalue weighted by atomic mass is 35.5. The highest BCUT2D eigenvalue weighted by Crippen LogP contribution is 2.29. The molecule has 0 bridgehead atoms. The molecule has 1 aromatic heterocycles. The van der Waals surface area contributed by atoms with Crippen LogP contribution in [0.1, 0.15) is 13.8 Å². The molecule has 1 heterocycles. The van der Waals surface area contributed by atoms with Crippen molar-refractivity contribution in [2.45, 2.75) is 18.7 Å². The number of thiazole rings is 1. The molecule has 2 aromatic carbocycles. The number of hydrogen-bond acceptors (Lipinski definition) is 4. The fraction of sp³-hybridized carbons (Fsp3) is 0.133. The Morgan fingerprint density at radius 1 is 1.05 bits per heavy atom. The zero-order valence-electron chi connectivity index (χ0n) is 11.3. The standard InChI is InChI=1S/C13H9ClN2S2.C2H6/c14-9-5-7-10(8-6-9)18-16-13-15-11-3-1-2-4-12(11)17-13;1-2/h1-8H,(H,15,16);1-2H3. The second kappa shape index (κ2) is 7.53. The SMILES string of the molecule is CC.Clc1ccc(SNc2nc3ccccc3s2)cc1. The van der Waals surface area contributed by atoms with Gasteiger partial charge in [-0.1, -0.05) is 48.9 Å². The van der Waals surface area contributed by atoms with Gasteiger partial charge in [0.2, 0.25) is 0 Å². The molecule has 1 N–H and O–H groups in total. The third kappa shape index (κ3) is 3.88. The van der Waals surface area contributed by atoms with Gasteiger partial charge in [0, 0.05) is 9.92 Å². The van der Waals surface area contributed by atoms with Crippen molar-refractivity contribution in [2.75, 3.05) is 4.72 Å². The van der Waals surface area contributed by atoms with Crippen molar-refractivity contribution >= 4 is 50.2 Å². The summed E-state index contributed by atoms with van der Waals surface area (Å²) < 4.78 is 4.44. The third-order valence-corrected chi connectivity index (χ3v) is 4.50. The van der Waals surface area contributed by atoms with Gasteiger partial charge in [0.25, 0.3) is 0 Å². The summed E-state index contributed by atoms with van der Waals surface area (Å²) in [5, 5.41) is 1.66. The van der Waals surface area contributed by atoms with E-state index in [-0.39, 0.29) is 0 Å². The number of hydrogen-bond donors (Lipinski definition) is 1. The Morgan fingerprint density at radius 2 is 1.75 bits per heavy atom. The first-order chi connectivity index (χ1) is 9.81. The molecule has 0 saturated carbocycles. The molecule has 20 heavy (non-hydrogen) atoms. The Kier molecular flexibility index (Phi) is 5.71. The van der Waals surface area contributed by atoms with Crippen molar-refractivity contribution < 1.29 is 0 Å². The molecule has 0 radical (unpaired) electrons. The molecule has 0 unspecified atom stereocenters. The van der Waals surface area contributed by atoms with Crippen molar-refractivity contribution in [3.63, 3.8) is 0 Å². The van der Waals surface area contributed by atoms with E-state index in [0.717, 1.165) is 20.6 Å². The molecule has 0 atom stereocenters. The summed E-state index contributed by atoms with van der Waals surface area (Å²) in [6.07, 6.45) is 0. The first-order valence-electron chi connectivity index (χ1n) is 6.35. The molecule has 0 spiro atoms. The van der Waals surface area contributed by atoms with E-state index in [0.29, 0.717) is 0 Å². The van der Waals surface area contributed by atoms with Crippen molar-refractivity contribution in [3.05, 3.63) is 53.6 Å².